The van der Waals surface area contributed by atoms with Crippen molar-refractivity contribution in [3.63, 3.8) is 0 Å². The number of carbonyl (C=O) groups is 1. The van der Waals surface area contributed by atoms with E-state index in [2.05, 4.69) is 70.1 Å². The van der Waals surface area contributed by atoms with E-state index in [0.29, 0.717) is 17.3 Å². The van der Waals surface area contributed by atoms with Crippen LogP contribution in [0, 0.1) is 26.6 Å². The number of carbonyl (C=O) groups excluding carboxylic acids is 1. The summed E-state index contributed by atoms with van der Waals surface area (Å²) in [6.07, 6.45) is 2.01. The van der Waals surface area contributed by atoms with Crippen molar-refractivity contribution in [3.8, 4) is 5.69 Å². The summed E-state index contributed by atoms with van der Waals surface area (Å²) in [7, 11) is 0. The maximum absolute atomic E-state index is 13.2. The van der Waals surface area contributed by atoms with Crippen LogP contribution in [0.5, 0.6) is 0 Å². The van der Waals surface area contributed by atoms with Gasteiger partial charge in [0.1, 0.15) is 5.82 Å². The summed E-state index contributed by atoms with van der Waals surface area (Å²) in [6.45, 7) is 6.77. The first-order valence-corrected chi connectivity index (χ1v) is 13.0. The van der Waals surface area contributed by atoms with Gasteiger partial charge in [-0.2, -0.15) is 0 Å². The Labute approximate surface area is 227 Å². The molecule has 0 radical (unpaired) electrons. The van der Waals surface area contributed by atoms with Gasteiger partial charge in [0.05, 0.1) is 17.8 Å². The molecule has 6 nitrogen and oxygen atoms in total. The minimum Gasteiger partial charge on any atom is -0.352 e. The van der Waals surface area contributed by atoms with Crippen molar-refractivity contribution in [2.75, 3.05) is 11.9 Å². The molecule has 1 aliphatic rings. The highest BCUT2D eigenvalue weighted by Gasteiger charge is 2.41. The van der Waals surface area contributed by atoms with Crippen molar-refractivity contribution >= 4 is 28.9 Å². The number of aryl methyl sites for hydroxylation is 2. The summed E-state index contributed by atoms with van der Waals surface area (Å²) in [5, 5.41) is 6.90. The third-order valence-corrected chi connectivity index (χ3v) is 7.40. The minimum absolute atomic E-state index is 0.153. The predicted octanol–water partition coefficient (Wildman–Crippen LogP) is 5.94. The second kappa shape index (κ2) is 10.8. The molecule has 0 aliphatic carbocycles. The van der Waals surface area contributed by atoms with Crippen molar-refractivity contribution in [1.29, 1.82) is 0 Å². The molecule has 1 saturated heterocycles. The summed E-state index contributed by atoms with van der Waals surface area (Å²) < 4.78 is 15.5. The molecule has 5 rings (SSSR count). The smallest absolute Gasteiger partial charge is 0.226 e. The number of amides is 1. The normalized spacial score (nSPS) is 16.9. The van der Waals surface area contributed by atoms with Gasteiger partial charge in [0, 0.05) is 41.9 Å². The molecule has 0 spiro atoms. The van der Waals surface area contributed by atoms with Crippen LogP contribution in [0.25, 0.3) is 5.69 Å². The van der Waals surface area contributed by atoms with Crippen molar-refractivity contribution in [2.45, 2.75) is 39.3 Å². The number of hydrogen-bond acceptors (Lipinski definition) is 3. The molecular formula is C30H30FN5OS. The highest BCUT2D eigenvalue weighted by atomic mass is 32.1. The number of rotatable bonds is 7. The summed E-state index contributed by atoms with van der Waals surface area (Å²) in [4.78, 5) is 19.5. The Bertz CT molecular complexity index is 1470. The average molecular weight is 528 g/mol. The number of nitrogens with one attached hydrogen (secondary N) is 2. The number of para-hydroxylation sites is 1. The molecule has 0 bridgehead atoms. The third-order valence-electron chi connectivity index (χ3n) is 7.05. The summed E-state index contributed by atoms with van der Waals surface area (Å²) in [5.74, 6) is -0.506. The fraction of sp³-hybridized carbons (Fsp3) is 0.233. The van der Waals surface area contributed by atoms with Gasteiger partial charge in [-0.15, -0.1) is 0 Å². The second-order valence-corrected chi connectivity index (χ2v) is 9.96. The molecule has 38 heavy (non-hydrogen) atoms. The van der Waals surface area contributed by atoms with Crippen LogP contribution in [-0.2, 0) is 4.79 Å². The molecule has 1 fully saturated rings. The number of nitrogens with zero attached hydrogens (tertiary/aromatic N) is 3. The van der Waals surface area contributed by atoms with Gasteiger partial charge >= 0.3 is 0 Å². The molecule has 1 amide bonds. The standard InChI is InChI=1S/C30H30FN5OS/c1-19-8-4-5-10-26(19)36-20(2)18-24(21(36)3)29-28(25-9-6-7-16-32-25)34-30(38)35(29)17-15-27(37)33-23-13-11-22(31)12-14-23/h4-14,16,18,28-29H,15,17H2,1-3H3,(H,33,37)(H,34,38)/t28-,29-/m1/s1. The van der Waals surface area contributed by atoms with Crippen molar-refractivity contribution in [2.24, 2.45) is 0 Å². The highest BCUT2D eigenvalue weighted by molar-refractivity contribution is 7.80. The van der Waals surface area contributed by atoms with Gasteiger partial charge in [-0.1, -0.05) is 24.3 Å². The van der Waals surface area contributed by atoms with E-state index in [0.717, 1.165) is 28.3 Å². The van der Waals surface area contributed by atoms with Gasteiger partial charge in [-0.3, -0.25) is 9.78 Å². The molecule has 2 aromatic heterocycles. The molecule has 3 heterocycles. The zero-order chi connectivity index (χ0) is 26.8. The fourth-order valence-electron chi connectivity index (χ4n) is 5.24. The SMILES string of the molecule is Cc1ccccc1-n1c(C)cc([C@@H]2[C@@H](c3ccccn3)NC(=S)N2CCC(=O)Nc2ccc(F)cc2)c1C. The molecule has 1 aliphatic heterocycles. The van der Waals surface area contributed by atoms with Gasteiger partial charge < -0.3 is 20.1 Å². The Morgan fingerprint density at radius 3 is 2.50 bits per heavy atom. The Kier molecular flexibility index (Phi) is 7.24. The maximum atomic E-state index is 13.2. The maximum Gasteiger partial charge on any atom is 0.226 e. The largest absolute Gasteiger partial charge is 0.352 e. The molecule has 194 valence electrons. The van der Waals surface area contributed by atoms with E-state index in [1.54, 1.807) is 18.3 Å². The zero-order valence-corrected chi connectivity index (χ0v) is 22.4. The number of hydrogen-bond donors (Lipinski definition) is 2. The lowest BCUT2D eigenvalue weighted by Crippen LogP contribution is -2.32. The lowest BCUT2D eigenvalue weighted by atomic mass is 9.96. The Balaban J connectivity index is 1.47. The zero-order valence-electron chi connectivity index (χ0n) is 21.6. The van der Waals surface area contributed by atoms with Crippen LogP contribution < -0.4 is 10.6 Å². The Morgan fingerprint density at radius 1 is 1.05 bits per heavy atom. The molecule has 2 N–H and O–H groups in total. The van der Waals surface area contributed by atoms with Crippen LogP contribution in [0.2, 0.25) is 0 Å². The molecule has 4 aromatic rings. The van der Waals surface area contributed by atoms with E-state index in [4.69, 9.17) is 12.2 Å². The van der Waals surface area contributed by atoms with Crippen LogP contribution in [-0.4, -0.2) is 32.0 Å². The van der Waals surface area contributed by atoms with Crippen LogP contribution in [0.4, 0.5) is 10.1 Å². The first-order chi connectivity index (χ1) is 18.3. The summed E-state index contributed by atoms with van der Waals surface area (Å²) in [5.41, 5.74) is 7.15. The Hall–Kier alpha value is -4.04. The van der Waals surface area contributed by atoms with E-state index < -0.39 is 0 Å². The van der Waals surface area contributed by atoms with Gasteiger partial charge in [0.2, 0.25) is 5.91 Å². The number of aromatic nitrogens is 2. The van der Waals surface area contributed by atoms with Gasteiger partial charge in [-0.05, 0) is 92.6 Å². The number of benzene rings is 2. The number of halogens is 1. The molecule has 2 atom stereocenters. The van der Waals surface area contributed by atoms with Crippen LogP contribution in [0.1, 0.15) is 46.7 Å². The first-order valence-electron chi connectivity index (χ1n) is 12.6. The number of anilines is 1. The van der Waals surface area contributed by atoms with Crippen molar-refractivity contribution in [1.82, 2.24) is 19.8 Å². The van der Waals surface area contributed by atoms with E-state index in [1.807, 2.05) is 24.3 Å². The van der Waals surface area contributed by atoms with Crippen LogP contribution >= 0.6 is 12.2 Å². The monoisotopic (exact) mass is 527 g/mol. The minimum atomic E-state index is -0.344. The van der Waals surface area contributed by atoms with Gasteiger partial charge in [0.15, 0.2) is 5.11 Å². The third kappa shape index (κ3) is 5.04. The molecule has 0 saturated carbocycles. The molecule has 2 aromatic carbocycles. The number of pyridine rings is 1. The van der Waals surface area contributed by atoms with Crippen molar-refractivity contribution < 1.29 is 9.18 Å². The second-order valence-electron chi connectivity index (χ2n) is 9.57. The van der Waals surface area contributed by atoms with Crippen LogP contribution in [0.15, 0.2) is 79.0 Å². The van der Waals surface area contributed by atoms with Gasteiger partial charge in [-0.25, -0.2) is 4.39 Å². The van der Waals surface area contributed by atoms with E-state index in [-0.39, 0.29) is 30.2 Å². The summed E-state index contributed by atoms with van der Waals surface area (Å²) >= 11 is 5.79. The molecule has 0 unspecified atom stereocenters. The highest BCUT2D eigenvalue weighted by Crippen LogP contribution is 2.41. The topological polar surface area (TPSA) is 62.2 Å². The lowest BCUT2D eigenvalue weighted by Gasteiger charge is -2.28. The van der Waals surface area contributed by atoms with Crippen LogP contribution in [0.3, 0.4) is 0 Å². The Morgan fingerprint density at radius 2 is 1.79 bits per heavy atom. The van der Waals surface area contributed by atoms with E-state index >= 15 is 0 Å². The quantitative estimate of drug-likeness (QED) is 0.292. The summed E-state index contributed by atoms with van der Waals surface area (Å²) in [6, 6.07) is 21.8. The first kappa shape index (κ1) is 25.6. The number of thiocarbonyl (C=S) groups is 1. The van der Waals surface area contributed by atoms with E-state index in [9.17, 15) is 9.18 Å². The van der Waals surface area contributed by atoms with E-state index in [1.165, 1.54) is 17.7 Å². The molecule has 8 heteroatoms. The van der Waals surface area contributed by atoms with Gasteiger partial charge in [0.25, 0.3) is 0 Å². The van der Waals surface area contributed by atoms with Crippen molar-refractivity contribution in [3.05, 3.63) is 113 Å². The average Bonchev–Trinajstić information content (AvgIpc) is 3.39. The predicted molar refractivity (Wildman–Crippen MR) is 152 cm³/mol. The lowest BCUT2D eigenvalue weighted by molar-refractivity contribution is -0.116. The molecular weight excluding hydrogens is 497 g/mol. The fourth-order valence-corrected chi connectivity index (χ4v) is 5.57.